The molecular weight excluding hydrogens is 126 g/mol. The highest BCUT2D eigenvalue weighted by molar-refractivity contribution is 4.84. The predicted molar refractivity (Wildman–Crippen MR) is 30.2 cm³/mol. The molecular formula is C5H10F2N2. The molecule has 1 aliphatic heterocycles. The van der Waals surface area contributed by atoms with Gasteiger partial charge in [0.15, 0.2) is 0 Å². The molecule has 54 valence electrons. The maximum absolute atomic E-state index is 12.3. The van der Waals surface area contributed by atoms with E-state index in [0.29, 0.717) is 0 Å². The van der Waals surface area contributed by atoms with Crippen molar-refractivity contribution < 1.29 is 8.78 Å². The Bertz CT molecular complexity index is 104. The van der Waals surface area contributed by atoms with Gasteiger partial charge in [0.05, 0.1) is 12.7 Å². The standard InChI is InChI=1S/C5H10F2N2/c1-9-3-5(6,7)2-4(9)8/h4H,2-3,8H2,1H3. The molecule has 0 radical (unpaired) electrons. The molecule has 2 nitrogen and oxygen atoms in total. The molecule has 1 unspecified atom stereocenters. The van der Waals surface area contributed by atoms with Crippen LogP contribution in [0.25, 0.3) is 0 Å². The summed E-state index contributed by atoms with van der Waals surface area (Å²) < 4.78 is 24.6. The molecule has 2 N–H and O–H groups in total. The van der Waals surface area contributed by atoms with Crippen molar-refractivity contribution in [2.75, 3.05) is 13.6 Å². The fraction of sp³-hybridized carbons (Fsp3) is 1.00. The van der Waals surface area contributed by atoms with Crippen LogP contribution < -0.4 is 5.73 Å². The number of hydrogen-bond acceptors (Lipinski definition) is 2. The van der Waals surface area contributed by atoms with Crippen molar-refractivity contribution in [1.82, 2.24) is 4.90 Å². The molecule has 0 saturated carbocycles. The maximum atomic E-state index is 12.3. The van der Waals surface area contributed by atoms with E-state index in [1.165, 1.54) is 4.90 Å². The van der Waals surface area contributed by atoms with Crippen LogP contribution in [-0.4, -0.2) is 30.6 Å². The maximum Gasteiger partial charge on any atom is 0.263 e. The highest BCUT2D eigenvalue weighted by Gasteiger charge is 2.41. The summed E-state index contributed by atoms with van der Waals surface area (Å²) in [6.45, 7) is -0.200. The van der Waals surface area contributed by atoms with E-state index in [2.05, 4.69) is 0 Å². The zero-order valence-electron chi connectivity index (χ0n) is 5.27. The van der Waals surface area contributed by atoms with E-state index in [0.717, 1.165) is 0 Å². The van der Waals surface area contributed by atoms with E-state index >= 15 is 0 Å². The third kappa shape index (κ3) is 1.37. The van der Waals surface area contributed by atoms with Gasteiger partial charge in [0, 0.05) is 6.42 Å². The van der Waals surface area contributed by atoms with Crippen molar-refractivity contribution >= 4 is 0 Å². The number of hydrogen-bond donors (Lipinski definition) is 1. The number of rotatable bonds is 0. The van der Waals surface area contributed by atoms with Crippen molar-refractivity contribution in [3.8, 4) is 0 Å². The summed E-state index contributed by atoms with van der Waals surface area (Å²) in [6, 6.07) is 0. The summed E-state index contributed by atoms with van der Waals surface area (Å²) in [7, 11) is 1.60. The van der Waals surface area contributed by atoms with Gasteiger partial charge in [0.25, 0.3) is 5.92 Å². The van der Waals surface area contributed by atoms with Crippen LogP contribution in [-0.2, 0) is 0 Å². The largest absolute Gasteiger partial charge is 0.316 e. The van der Waals surface area contributed by atoms with Crippen LogP contribution in [0.2, 0.25) is 0 Å². The van der Waals surface area contributed by atoms with Crippen molar-refractivity contribution in [3.05, 3.63) is 0 Å². The fourth-order valence-electron chi connectivity index (χ4n) is 1.01. The minimum Gasteiger partial charge on any atom is -0.316 e. The Morgan fingerprint density at radius 3 is 2.33 bits per heavy atom. The second-order valence-corrected chi connectivity index (χ2v) is 2.54. The summed E-state index contributed by atoms with van der Waals surface area (Å²) in [5.74, 6) is -2.56. The zero-order chi connectivity index (χ0) is 7.07. The first-order valence-electron chi connectivity index (χ1n) is 2.85. The molecule has 1 saturated heterocycles. The van der Waals surface area contributed by atoms with Crippen LogP contribution in [0.1, 0.15) is 6.42 Å². The van der Waals surface area contributed by atoms with E-state index in [4.69, 9.17) is 5.73 Å². The molecule has 1 fully saturated rings. The van der Waals surface area contributed by atoms with Gasteiger partial charge in [-0.05, 0) is 7.05 Å². The van der Waals surface area contributed by atoms with E-state index in [-0.39, 0.29) is 13.0 Å². The van der Waals surface area contributed by atoms with Crippen LogP contribution in [0, 0.1) is 0 Å². The summed E-state index contributed by atoms with van der Waals surface area (Å²) >= 11 is 0. The van der Waals surface area contributed by atoms with Crippen LogP contribution in [0.5, 0.6) is 0 Å². The molecule has 0 aromatic rings. The van der Waals surface area contributed by atoms with Crippen molar-refractivity contribution in [1.29, 1.82) is 0 Å². The molecule has 9 heavy (non-hydrogen) atoms. The van der Waals surface area contributed by atoms with Gasteiger partial charge < -0.3 is 5.73 Å². The Kier molecular flexibility index (Phi) is 1.44. The van der Waals surface area contributed by atoms with Gasteiger partial charge in [0.2, 0.25) is 0 Å². The van der Waals surface area contributed by atoms with E-state index in [9.17, 15) is 8.78 Å². The summed E-state index contributed by atoms with van der Waals surface area (Å²) in [4.78, 5) is 1.46. The van der Waals surface area contributed by atoms with Crippen molar-refractivity contribution in [2.45, 2.75) is 18.5 Å². The molecule has 1 aliphatic rings. The molecule has 0 aromatic carbocycles. The highest BCUT2D eigenvalue weighted by atomic mass is 19.3. The molecule has 0 aliphatic carbocycles. The SMILES string of the molecule is CN1CC(F)(F)CC1N. The Morgan fingerprint density at radius 2 is 2.22 bits per heavy atom. The van der Waals surface area contributed by atoms with E-state index in [1.54, 1.807) is 7.05 Å². The topological polar surface area (TPSA) is 29.3 Å². The van der Waals surface area contributed by atoms with Crippen LogP contribution in [0.15, 0.2) is 0 Å². The smallest absolute Gasteiger partial charge is 0.263 e. The number of likely N-dealkylation sites (tertiary alicyclic amines) is 1. The molecule has 1 atom stereocenters. The van der Waals surface area contributed by atoms with E-state index in [1.807, 2.05) is 0 Å². The fourth-order valence-corrected chi connectivity index (χ4v) is 1.01. The van der Waals surface area contributed by atoms with E-state index < -0.39 is 12.1 Å². The zero-order valence-corrected chi connectivity index (χ0v) is 5.27. The molecule has 0 amide bonds. The third-order valence-corrected chi connectivity index (χ3v) is 1.55. The first kappa shape index (κ1) is 6.89. The first-order chi connectivity index (χ1) is 4.01. The average molecular weight is 136 g/mol. The lowest BCUT2D eigenvalue weighted by Crippen LogP contribution is -2.32. The Morgan fingerprint density at radius 1 is 1.67 bits per heavy atom. The molecule has 1 heterocycles. The summed E-state index contributed by atoms with van der Waals surface area (Å²) in [5, 5.41) is 0. The summed E-state index contributed by atoms with van der Waals surface area (Å²) in [5.41, 5.74) is 5.30. The third-order valence-electron chi connectivity index (χ3n) is 1.55. The molecule has 0 spiro atoms. The molecule has 4 heteroatoms. The van der Waals surface area contributed by atoms with Crippen LogP contribution >= 0.6 is 0 Å². The lowest BCUT2D eigenvalue weighted by atomic mass is 10.3. The Hall–Kier alpha value is -0.220. The van der Waals surface area contributed by atoms with Gasteiger partial charge in [-0.2, -0.15) is 0 Å². The first-order valence-corrected chi connectivity index (χ1v) is 2.85. The lowest BCUT2D eigenvalue weighted by Gasteiger charge is -2.11. The number of alkyl halides is 2. The number of nitrogens with two attached hydrogens (primary N) is 1. The second kappa shape index (κ2) is 1.88. The van der Waals surface area contributed by atoms with Gasteiger partial charge in [-0.15, -0.1) is 0 Å². The minimum absolute atomic E-state index is 0.200. The normalized spacial score (nSPS) is 35.3. The Labute approximate surface area is 52.6 Å². The Balaban J connectivity index is 2.54. The van der Waals surface area contributed by atoms with Gasteiger partial charge in [-0.1, -0.05) is 0 Å². The highest BCUT2D eigenvalue weighted by Crippen LogP contribution is 2.27. The molecule has 0 aromatic heterocycles. The number of halogens is 2. The second-order valence-electron chi connectivity index (χ2n) is 2.54. The number of nitrogens with zero attached hydrogens (tertiary/aromatic N) is 1. The predicted octanol–water partition coefficient (Wildman–Crippen LogP) is 0.242. The minimum atomic E-state index is -2.56. The van der Waals surface area contributed by atoms with Gasteiger partial charge >= 0.3 is 0 Å². The average Bonchev–Trinajstić information content (AvgIpc) is 1.79. The van der Waals surface area contributed by atoms with Gasteiger partial charge in [-0.3, -0.25) is 4.90 Å². The van der Waals surface area contributed by atoms with Gasteiger partial charge in [-0.25, -0.2) is 8.78 Å². The van der Waals surface area contributed by atoms with Crippen molar-refractivity contribution in [2.24, 2.45) is 5.73 Å². The quantitative estimate of drug-likeness (QED) is 0.517. The summed E-state index contributed by atoms with van der Waals surface area (Å²) in [6.07, 6.45) is -0.663. The lowest BCUT2D eigenvalue weighted by molar-refractivity contribution is 0.0141. The van der Waals surface area contributed by atoms with Crippen molar-refractivity contribution in [3.63, 3.8) is 0 Å². The molecule has 0 bridgehead atoms. The van der Waals surface area contributed by atoms with Crippen LogP contribution in [0.3, 0.4) is 0 Å². The monoisotopic (exact) mass is 136 g/mol. The van der Waals surface area contributed by atoms with Crippen LogP contribution in [0.4, 0.5) is 8.78 Å². The molecule has 1 rings (SSSR count). The van der Waals surface area contributed by atoms with Gasteiger partial charge in [0.1, 0.15) is 0 Å².